The molecule has 2 heterocycles. The van der Waals surface area contributed by atoms with Gasteiger partial charge in [0.1, 0.15) is 5.75 Å². The number of anilines is 2. The molecule has 5 rings (SSSR count). The van der Waals surface area contributed by atoms with E-state index in [0.717, 1.165) is 15.7 Å². The number of aryl methyl sites for hydroxylation is 1. The number of nitrogens with one attached hydrogen (secondary N) is 1. The summed E-state index contributed by atoms with van der Waals surface area (Å²) in [7, 11) is 0. The topological polar surface area (TPSA) is 117 Å². The van der Waals surface area contributed by atoms with Crippen LogP contribution in [0.1, 0.15) is 36.9 Å². The third-order valence-electron chi connectivity index (χ3n) is 6.75. The van der Waals surface area contributed by atoms with E-state index < -0.39 is 29.3 Å². The van der Waals surface area contributed by atoms with Gasteiger partial charge in [0.2, 0.25) is 11.8 Å². The Morgan fingerprint density at radius 2 is 1.80 bits per heavy atom. The van der Waals surface area contributed by atoms with Crippen LogP contribution in [0.3, 0.4) is 0 Å². The summed E-state index contributed by atoms with van der Waals surface area (Å²) < 4.78 is 13.4. The normalized spacial score (nSPS) is 16.2. The van der Waals surface area contributed by atoms with Crippen LogP contribution in [0.2, 0.25) is 5.02 Å². The molecule has 11 heteroatoms. The lowest BCUT2D eigenvalue weighted by Crippen LogP contribution is -2.50. The quantitative estimate of drug-likeness (QED) is 0.288. The van der Waals surface area contributed by atoms with Gasteiger partial charge < -0.3 is 14.8 Å². The number of halogens is 1. The minimum Gasteiger partial charge on any atom is -0.466 e. The molecule has 1 saturated carbocycles. The number of hydrogen-bond acceptors (Lipinski definition) is 8. The number of ether oxygens (including phenoxy) is 2. The second-order valence-corrected chi connectivity index (χ2v) is 9.95. The first-order valence-corrected chi connectivity index (χ1v) is 13.3. The second kappa shape index (κ2) is 11.7. The number of aromatic nitrogens is 4. The zero-order valence-electron chi connectivity index (χ0n) is 22.0. The first kappa shape index (κ1) is 27.1. The van der Waals surface area contributed by atoms with E-state index in [2.05, 4.69) is 15.3 Å². The van der Waals surface area contributed by atoms with Crippen molar-refractivity contribution in [1.82, 2.24) is 19.1 Å². The highest BCUT2D eigenvalue weighted by atomic mass is 35.5. The van der Waals surface area contributed by atoms with Crippen LogP contribution in [-0.2, 0) is 16.1 Å². The molecule has 1 aliphatic rings. The van der Waals surface area contributed by atoms with Crippen LogP contribution in [0.5, 0.6) is 11.6 Å². The van der Waals surface area contributed by atoms with E-state index in [1.165, 1.54) is 10.8 Å². The Bertz CT molecular complexity index is 1620. The number of hydrogen-bond donors (Lipinski definition) is 1. The molecule has 0 saturated heterocycles. The second-order valence-electron chi connectivity index (χ2n) is 9.51. The smallest absolute Gasteiger partial charge is 0.355 e. The predicted molar refractivity (Wildman–Crippen MR) is 150 cm³/mol. The molecule has 4 aromatic rings. The van der Waals surface area contributed by atoms with Crippen molar-refractivity contribution in [2.45, 2.75) is 39.3 Å². The van der Waals surface area contributed by atoms with E-state index in [4.69, 9.17) is 21.1 Å². The average molecular weight is 562 g/mol. The Kier molecular flexibility index (Phi) is 7.97. The SMILES string of the molecule is CCOC(=O)C1CCC1n1c(=O)nc(Nc2ccc(Oc3ccc(Cl)cn3)cc2)n(Cc2ccc(C)cc2)c1=O. The maximum atomic E-state index is 13.8. The van der Waals surface area contributed by atoms with Gasteiger partial charge in [-0.3, -0.25) is 9.36 Å². The van der Waals surface area contributed by atoms with Crippen LogP contribution in [0.4, 0.5) is 11.6 Å². The van der Waals surface area contributed by atoms with Gasteiger partial charge in [0.15, 0.2) is 0 Å². The van der Waals surface area contributed by atoms with E-state index in [1.807, 2.05) is 31.2 Å². The van der Waals surface area contributed by atoms with Gasteiger partial charge in [-0.25, -0.2) is 19.1 Å². The Morgan fingerprint density at radius 1 is 1.05 bits per heavy atom. The first-order valence-electron chi connectivity index (χ1n) is 12.9. The first-order chi connectivity index (χ1) is 19.3. The summed E-state index contributed by atoms with van der Waals surface area (Å²) in [5.74, 6) is 0.0528. The Labute approximate surface area is 235 Å². The lowest BCUT2D eigenvalue weighted by atomic mass is 9.79. The largest absolute Gasteiger partial charge is 0.466 e. The van der Waals surface area contributed by atoms with Crippen molar-refractivity contribution in [2.24, 2.45) is 5.92 Å². The minimum atomic E-state index is -0.722. The summed E-state index contributed by atoms with van der Waals surface area (Å²) in [5.41, 5.74) is 1.26. The number of carbonyl (C=O) groups is 1. The molecule has 0 bridgehead atoms. The van der Waals surface area contributed by atoms with E-state index in [1.54, 1.807) is 43.3 Å². The van der Waals surface area contributed by atoms with Gasteiger partial charge in [-0.05, 0) is 62.6 Å². The van der Waals surface area contributed by atoms with Gasteiger partial charge >= 0.3 is 17.3 Å². The number of pyridine rings is 1. The Morgan fingerprint density at radius 3 is 2.42 bits per heavy atom. The van der Waals surface area contributed by atoms with Crippen LogP contribution in [0, 0.1) is 12.8 Å². The molecule has 0 radical (unpaired) electrons. The molecule has 2 aromatic heterocycles. The predicted octanol–water partition coefficient (Wildman–Crippen LogP) is 4.86. The van der Waals surface area contributed by atoms with Gasteiger partial charge in [-0.15, -0.1) is 0 Å². The fraction of sp³-hybridized carbons (Fsp3) is 0.276. The van der Waals surface area contributed by atoms with Crippen molar-refractivity contribution in [2.75, 3.05) is 11.9 Å². The fourth-order valence-electron chi connectivity index (χ4n) is 4.50. The molecular formula is C29H28ClN5O5. The highest BCUT2D eigenvalue weighted by Gasteiger charge is 2.41. The number of esters is 1. The zero-order valence-corrected chi connectivity index (χ0v) is 22.8. The summed E-state index contributed by atoms with van der Waals surface area (Å²) in [4.78, 5) is 47.7. The third-order valence-corrected chi connectivity index (χ3v) is 6.98. The van der Waals surface area contributed by atoms with Gasteiger partial charge in [0.05, 0.1) is 30.1 Å². The molecular weight excluding hydrogens is 534 g/mol. The van der Waals surface area contributed by atoms with E-state index in [0.29, 0.717) is 35.2 Å². The highest BCUT2D eigenvalue weighted by Crippen LogP contribution is 2.38. The third kappa shape index (κ3) is 5.91. The van der Waals surface area contributed by atoms with Crippen molar-refractivity contribution in [3.05, 3.63) is 104 Å². The molecule has 2 atom stereocenters. The summed E-state index contributed by atoms with van der Waals surface area (Å²) in [5, 5.41) is 3.61. The maximum Gasteiger partial charge on any atom is 0.355 e. The zero-order chi connectivity index (χ0) is 28.2. The van der Waals surface area contributed by atoms with Crippen LogP contribution in [-0.4, -0.2) is 31.7 Å². The summed E-state index contributed by atoms with van der Waals surface area (Å²) in [6.07, 6.45) is 2.56. The van der Waals surface area contributed by atoms with Crippen LogP contribution in [0.25, 0.3) is 0 Å². The number of rotatable bonds is 9. The van der Waals surface area contributed by atoms with Crippen molar-refractivity contribution in [3.8, 4) is 11.6 Å². The van der Waals surface area contributed by atoms with Gasteiger partial charge in [-0.1, -0.05) is 41.4 Å². The fourth-order valence-corrected chi connectivity index (χ4v) is 4.61. The summed E-state index contributed by atoms with van der Waals surface area (Å²) >= 11 is 5.88. The molecule has 1 aliphatic carbocycles. The Hall–Kier alpha value is -4.44. The van der Waals surface area contributed by atoms with Gasteiger partial charge in [-0.2, -0.15) is 4.98 Å². The van der Waals surface area contributed by atoms with E-state index in [9.17, 15) is 14.4 Å². The molecule has 2 aromatic carbocycles. The monoisotopic (exact) mass is 561 g/mol. The molecule has 0 aliphatic heterocycles. The molecule has 1 N–H and O–H groups in total. The van der Waals surface area contributed by atoms with E-state index >= 15 is 0 Å². The number of nitrogens with zero attached hydrogens (tertiary/aromatic N) is 4. The van der Waals surface area contributed by atoms with Crippen molar-refractivity contribution in [1.29, 1.82) is 0 Å². The molecule has 40 heavy (non-hydrogen) atoms. The lowest BCUT2D eigenvalue weighted by molar-refractivity contribution is -0.153. The molecule has 2 unspecified atom stereocenters. The van der Waals surface area contributed by atoms with Gasteiger partial charge in [0, 0.05) is 18.0 Å². The van der Waals surface area contributed by atoms with E-state index in [-0.39, 0.29) is 19.1 Å². The standard InChI is InChI=1S/C29H28ClN5O5/c1-3-39-26(36)23-13-14-24(23)35-28(37)33-27(34(29(35)38)17-19-6-4-18(2)5-7-19)32-21-9-11-22(12-10-21)40-25-15-8-20(30)16-31-25/h4-12,15-16,23-24H,3,13-14,17H2,1-2H3,(H,32,33,37). The van der Waals surface area contributed by atoms with Gasteiger partial charge in [0.25, 0.3) is 0 Å². The average Bonchev–Trinajstić information content (AvgIpc) is 2.91. The van der Waals surface area contributed by atoms with Crippen LogP contribution >= 0.6 is 11.6 Å². The van der Waals surface area contributed by atoms with Crippen LogP contribution < -0.4 is 21.4 Å². The van der Waals surface area contributed by atoms with Crippen LogP contribution in [0.15, 0.2) is 76.4 Å². The summed E-state index contributed by atoms with van der Waals surface area (Å²) in [6, 6.07) is 17.4. The number of benzene rings is 2. The molecule has 0 amide bonds. The van der Waals surface area contributed by atoms with Crippen molar-refractivity contribution in [3.63, 3.8) is 0 Å². The molecule has 206 valence electrons. The minimum absolute atomic E-state index is 0.0897. The molecule has 1 fully saturated rings. The molecule has 0 spiro atoms. The highest BCUT2D eigenvalue weighted by molar-refractivity contribution is 6.30. The summed E-state index contributed by atoms with van der Waals surface area (Å²) in [6.45, 7) is 4.11. The maximum absolute atomic E-state index is 13.8. The van der Waals surface area contributed by atoms with Crippen molar-refractivity contribution < 1.29 is 14.3 Å². The Balaban J connectivity index is 1.46. The number of carbonyl (C=O) groups excluding carboxylic acids is 1. The lowest BCUT2D eigenvalue weighted by Gasteiger charge is -2.35. The van der Waals surface area contributed by atoms with Crippen molar-refractivity contribution >= 4 is 29.2 Å². The molecule has 10 nitrogen and oxygen atoms in total.